The predicted molar refractivity (Wildman–Crippen MR) is 237 cm³/mol. The molecule has 0 saturated heterocycles. The Hall–Kier alpha value is -2.19. The van der Waals surface area contributed by atoms with Crippen LogP contribution < -0.4 is 0 Å². The lowest BCUT2D eigenvalue weighted by Crippen LogP contribution is -2.30. The number of hydrogen-bond acceptors (Lipinski definition) is 12. The van der Waals surface area contributed by atoms with Gasteiger partial charge in [-0.25, -0.2) is 4.57 Å². The van der Waals surface area contributed by atoms with Crippen molar-refractivity contribution in [3.05, 3.63) is 48.6 Å². The smallest absolute Gasteiger partial charge is 0.462 e. The highest BCUT2D eigenvalue weighted by atomic mass is 31.2. The van der Waals surface area contributed by atoms with Crippen LogP contribution in [0.2, 0.25) is 0 Å². The van der Waals surface area contributed by atoms with Gasteiger partial charge < -0.3 is 39.9 Å². The Bertz CT molecular complexity index is 1200. The van der Waals surface area contributed by atoms with E-state index in [9.17, 15) is 39.5 Å². The van der Waals surface area contributed by atoms with Gasteiger partial charge in [0.1, 0.15) is 12.7 Å². The molecule has 0 fully saturated rings. The Labute approximate surface area is 361 Å². The molecule has 350 valence electrons. The fourth-order valence-corrected chi connectivity index (χ4v) is 6.88. The molecular formula is C46H83O13P. The van der Waals surface area contributed by atoms with Gasteiger partial charge in [0.25, 0.3) is 0 Å². The Balaban J connectivity index is 4.57. The SMILES string of the molecule is CCCCC[C@@H](O)/C=C/C=C\C=C\C=C\[C@@H](O)[C@H](O)CCCC(=O)OC[C@H](COP(=O)(O)OC[C@@H](O)CO)OC(=O)CCCCCCCCCCCCCCCCC(C)C. The molecule has 1 unspecified atom stereocenters. The van der Waals surface area contributed by atoms with E-state index in [1.807, 2.05) is 0 Å². The Morgan fingerprint density at radius 3 is 1.65 bits per heavy atom. The van der Waals surface area contributed by atoms with Crippen LogP contribution >= 0.6 is 7.82 Å². The van der Waals surface area contributed by atoms with Crippen molar-refractivity contribution in [2.45, 2.75) is 199 Å². The molecule has 0 aliphatic rings. The Morgan fingerprint density at radius 1 is 0.583 bits per heavy atom. The number of unbranched alkanes of at least 4 members (excludes halogenated alkanes) is 15. The summed E-state index contributed by atoms with van der Waals surface area (Å²) in [4.78, 5) is 35.1. The zero-order valence-electron chi connectivity index (χ0n) is 37.2. The monoisotopic (exact) mass is 875 g/mol. The maximum absolute atomic E-state index is 12.6. The van der Waals surface area contributed by atoms with Crippen molar-refractivity contribution in [2.24, 2.45) is 5.92 Å². The molecule has 0 amide bonds. The maximum atomic E-state index is 12.6. The second-order valence-electron chi connectivity index (χ2n) is 16.1. The zero-order valence-corrected chi connectivity index (χ0v) is 38.1. The van der Waals surface area contributed by atoms with Crippen molar-refractivity contribution in [1.82, 2.24) is 0 Å². The van der Waals surface area contributed by atoms with E-state index in [1.54, 1.807) is 42.5 Å². The first-order chi connectivity index (χ1) is 28.8. The molecule has 0 spiro atoms. The van der Waals surface area contributed by atoms with E-state index in [-0.39, 0.29) is 25.7 Å². The van der Waals surface area contributed by atoms with Gasteiger partial charge in [-0.2, -0.15) is 0 Å². The minimum Gasteiger partial charge on any atom is -0.462 e. The lowest BCUT2D eigenvalue weighted by atomic mass is 10.0. The van der Waals surface area contributed by atoms with Crippen molar-refractivity contribution in [1.29, 1.82) is 0 Å². The first-order valence-electron chi connectivity index (χ1n) is 22.8. The van der Waals surface area contributed by atoms with Crippen LogP contribution in [0, 0.1) is 5.92 Å². The lowest BCUT2D eigenvalue weighted by Gasteiger charge is -2.20. The molecule has 0 aromatic rings. The number of allylic oxidation sites excluding steroid dienone is 6. The third-order valence-corrected chi connectivity index (χ3v) is 10.7. The number of phosphoric ester groups is 1. The average molecular weight is 875 g/mol. The van der Waals surface area contributed by atoms with Crippen LogP contribution in [-0.2, 0) is 32.7 Å². The lowest BCUT2D eigenvalue weighted by molar-refractivity contribution is -0.161. The minimum absolute atomic E-state index is 0.0979. The largest absolute Gasteiger partial charge is 0.472 e. The zero-order chi connectivity index (χ0) is 44.7. The number of phosphoric acid groups is 1. The van der Waals surface area contributed by atoms with Gasteiger partial charge in [0.2, 0.25) is 0 Å². The first kappa shape index (κ1) is 57.8. The van der Waals surface area contributed by atoms with Gasteiger partial charge in [0.15, 0.2) is 6.10 Å². The summed E-state index contributed by atoms with van der Waals surface area (Å²) in [6, 6.07) is 0. The van der Waals surface area contributed by atoms with E-state index in [0.717, 1.165) is 50.9 Å². The first-order valence-corrected chi connectivity index (χ1v) is 24.3. The number of esters is 2. The molecule has 14 heteroatoms. The van der Waals surface area contributed by atoms with Crippen LogP contribution in [0.3, 0.4) is 0 Å². The van der Waals surface area contributed by atoms with Gasteiger partial charge in [-0.15, -0.1) is 0 Å². The van der Waals surface area contributed by atoms with Crippen molar-refractivity contribution >= 4 is 19.8 Å². The summed E-state index contributed by atoms with van der Waals surface area (Å²) in [5, 5.41) is 48.8. The summed E-state index contributed by atoms with van der Waals surface area (Å²) in [7, 11) is -4.70. The molecule has 60 heavy (non-hydrogen) atoms. The highest BCUT2D eigenvalue weighted by molar-refractivity contribution is 7.47. The summed E-state index contributed by atoms with van der Waals surface area (Å²) >= 11 is 0. The molecule has 0 radical (unpaired) electrons. The van der Waals surface area contributed by atoms with Crippen molar-refractivity contribution < 1.29 is 63.1 Å². The molecule has 0 saturated carbocycles. The average Bonchev–Trinajstić information content (AvgIpc) is 3.21. The summed E-state index contributed by atoms with van der Waals surface area (Å²) in [6.45, 7) is 4.22. The molecule has 0 aliphatic carbocycles. The van der Waals surface area contributed by atoms with Crippen LogP contribution in [0.15, 0.2) is 48.6 Å². The van der Waals surface area contributed by atoms with Gasteiger partial charge >= 0.3 is 19.8 Å². The third-order valence-electron chi connectivity index (χ3n) is 9.78. The van der Waals surface area contributed by atoms with Crippen molar-refractivity contribution in [3.8, 4) is 0 Å². The molecular weight excluding hydrogens is 791 g/mol. The highest BCUT2D eigenvalue weighted by Gasteiger charge is 2.27. The van der Waals surface area contributed by atoms with E-state index in [4.69, 9.17) is 19.1 Å². The predicted octanol–water partition coefficient (Wildman–Crippen LogP) is 8.88. The van der Waals surface area contributed by atoms with Crippen LogP contribution in [-0.4, -0.2) is 99.3 Å². The fraction of sp³-hybridized carbons (Fsp3) is 0.783. The molecule has 0 bridgehead atoms. The number of carbonyl (C=O) groups is 2. The van der Waals surface area contributed by atoms with Crippen LogP contribution in [0.1, 0.15) is 168 Å². The number of ether oxygens (including phenoxy) is 2. The molecule has 0 heterocycles. The fourth-order valence-electron chi connectivity index (χ4n) is 6.09. The second-order valence-corrected chi connectivity index (χ2v) is 17.6. The summed E-state index contributed by atoms with van der Waals surface area (Å²) in [5.41, 5.74) is 0. The number of rotatable bonds is 41. The molecule has 0 aliphatic heterocycles. The van der Waals surface area contributed by atoms with Gasteiger partial charge in [-0.3, -0.25) is 18.6 Å². The third kappa shape index (κ3) is 38.7. The van der Waals surface area contributed by atoms with E-state index in [0.29, 0.717) is 6.42 Å². The van der Waals surface area contributed by atoms with E-state index < -0.39 is 76.7 Å². The quantitative estimate of drug-likeness (QED) is 0.0147. The van der Waals surface area contributed by atoms with Gasteiger partial charge in [0.05, 0.1) is 38.1 Å². The molecule has 0 rings (SSSR count). The molecule has 0 aromatic carbocycles. The van der Waals surface area contributed by atoms with Gasteiger partial charge in [-0.1, -0.05) is 179 Å². The number of aliphatic hydroxyl groups excluding tert-OH is 5. The van der Waals surface area contributed by atoms with Crippen LogP contribution in [0.4, 0.5) is 0 Å². The maximum Gasteiger partial charge on any atom is 0.472 e. The second kappa shape index (κ2) is 39.6. The van der Waals surface area contributed by atoms with E-state index in [1.165, 1.54) is 76.7 Å². The highest BCUT2D eigenvalue weighted by Crippen LogP contribution is 2.43. The molecule has 6 N–H and O–H groups in total. The van der Waals surface area contributed by atoms with Gasteiger partial charge in [-0.05, 0) is 31.6 Å². The van der Waals surface area contributed by atoms with Gasteiger partial charge in [0, 0.05) is 12.8 Å². The Kier molecular flexibility index (Phi) is 38.2. The summed E-state index contributed by atoms with van der Waals surface area (Å²) in [5.74, 6) is -0.448. The minimum atomic E-state index is -4.70. The summed E-state index contributed by atoms with van der Waals surface area (Å²) in [6.07, 6.45) is 30.2. The standard InChI is InChI=1S/C46H83O13P/c1-4-5-22-29-40(48)30-24-19-16-17-20-25-31-43(50)44(51)32-27-34-45(52)56-37-42(38-58-60(54,55)57-36-41(49)35-47)59-46(53)33-26-21-15-13-11-9-7-6-8-10-12-14-18-23-28-39(2)3/h16-17,19-20,24-25,30-31,39-44,47-51H,4-15,18,21-23,26-29,32-38H2,1-3H3,(H,54,55)/b19-16-,20-17+,30-24+,31-25+/t40-,41+,42-,43-,44-/m1/s1. The van der Waals surface area contributed by atoms with Crippen LogP contribution in [0.25, 0.3) is 0 Å². The topological polar surface area (TPSA) is 210 Å². The van der Waals surface area contributed by atoms with E-state index in [2.05, 4.69) is 25.3 Å². The number of hydrogen-bond donors (Lipinski definition) is 6. The molecule has 0 aromatic heterocycles. The molecule has 6 atom stereocenters. The van der Waals surface area contributed by atoms with Crippen LogP contribution in [0.5, 0.6) is 0 Å². The van der Waals surface area contributed by atoms with E-state index >= 15 is 0 Å². The van der Waals surface area contributed by atoms with Crippen molar-refractivity contribution in [2.75, 3.05) is 26.4 Å². The molecule has 13 nitrogen and oxygen atoms in total. The van der Waals surface area contributed by atoms with Crippen molar-refractivity contribution in [3.63, 3.8) is 0 Å². The Morgan fingerprint density at radius 2 is 1.08 bits per heavy atom. The number of aliphatic hydroxyl groups is 5. The summed E-state index contributed by atoms with van der Waals surface area (Å²) < 4.78 is 32.5. The number of carbonyl (C=O) groups excluding carboxylic acids is 2. The normalized spacial score (nSPS) is 15.9.